The molecule has 17 heavy (non-hydrogen) atoms. The van der Waals surface area contributed by atoms with Crippen LogP contribution < -0.4 is 0 Å². The summed E-state index contributed by atoms with van der Waals surface area (Å²) in [4.78, 5) is 10.4. The van der Waals surface area contributed by atoms with Gasteiger partial charge in [0, 0.05) is 21.6 Å². The van der Waals surface area contributed by atoms with E-state index in [1.54, 1.807) is 0 Å². The van der Waals surface area contributed by atoms with Crippen LogP contribution in [0.15, 0.2) is 18.2 Å². The Morgan fingerprint density at radius 2 is 2.12 bits per heavy atom. The molecule has 0 aliphatic rings. The van der Waals surface area contributed by atoms with E-state index in [9.17, 15) is 17.8 Å². The van der Waals surface area contributed by atoms with Crippen LogP contribution in [0.3, 0.4) is 0 Å². The molecule has 1 rings (SSSR count). The lowest BCUT2D eigenvalue weighted by atomic mass is 10.2. The second-order valence-corrected chi connectivity index (χ2v) is 5.52. The van der Waals surface area contributed by atoms with E-state index < -0.39 is 33.7 Å². The Labute approximate surface area is 99.9 Å². The van der Waals surface area contributed by atoms with Gasteiger partial charge in [0.05, 0.1) is 12.2 Å². The molecule has 0 amide bonds. The number of halogens is 2. The average Bonchev–Trinajstić information content (AvgIpc) is 2.22. The molecule has 94 valence electrons. The van der Waals surface area contributed by atoms with Gasteiger partial charge in [-0.25, -0.2) is 8.78 Å². The van der Waals surface area contributed by atoms with Crippen LogP contribution >= 0.6 is 0 Å². The van der Waals surface area contributed by atoms with Crippen molar-refractivity contribution >= 4 is 16.8 Å². The molecule has 0 aliphatic carbocycles. The molecule has 3 nitrogen and oxygen atoms in total. The Morgan fingerprint density at radius 3 is 2.71 bits per heavy atom. The first-order valence-corrected chi connectivity index (χ1v) is 6.31. The van der Waals surface area contributed by atoms with Crippen LogP contribution in [-0.4, -0.2) is 20.5 Å². The highest BCUT2D eigenvalue weighted by Crippen LogP contribution is 2.14. The fourth-order valence-corrected chi connectivity index (χ4v) is 2.43. The van der Waals surface area contributed by atoms with Crippen molar-refractivity contribution in [3.63, 3.8) is 0 Å². The summed E-state index contributed by atoms with van der Waals surface area (Å²) in [6, 6.07) is 2.91. The van der Waals surface area contributed by atoms with Gasteiger partial charge in [-0.15, -0.1) is 0 Å². The molecule has 0 aliphatic heterocycles. The minimum Gasteiger partial charge on any atom is -0.481 e. The van der Waals surface area contributed by atoms with Crippen molar-refractivity contribution in [2.45, 2.75) is 24.3 Å². The van der Waals surface area contributed by atoms with Crippen LogP contribution in [0.2, 0.25) is 0 Å². The lowest BCUT2D eigenvalue weighted by molar-refractivity contribution is -0.136. The molecule has 0 spiro atoms. The Kier molecular flexibility index (Phi) is 4.74. The molecule has 0 fully saturated rings. The van der Waals surface area contributed by atoms with Gasteiger partial charge in [0.2, 0.25) is 0 Å². The zero-order valence-electron chi connectivity index (χ0n) is 9.15. The zero-order valence-corrected chi connectivity index (χ0v) is 9.97. The quantitative estimate of drug-likeness (QED) is 0.883. The number of carbonyl (C=O) groups is 1. The van der Waals surface area contributed by atoms with Gasteiger partial charge >= 0.3 is 5.97 Å². The minimum absolute atomic E-state index is 0.000530. The van der Waals surface area contributed by atoms with Crippen molar-refractivity contribution in [1.82, 2.24) is 0 Å². The van der Waals surface area contributed by atoms with Gasteiger partial charge in [-0.3, -0.25) is 9.00 Å². The molecular weight excluding hydrogens is 250 g/mol. The highest BCUT2D eigenvalue weighted by molar-refractivity contribution is 7.84. The minimum atomic E-state index is -1.54. The average molecular weight is 262 g/mol. The molecule has 0 heterocycles. The standard InChI is InChI=1S/C11H12F2O3S/c1-7(4-11(14)15)17(16)6-8-5-9(12)2-3-10(8)13/h2-3,5,7H,4,6H2,1H3,(H,14,15). The number of rotatable bonds is 5. The molecule has 2 atom stereocenters. The maximum atomic E-state index is 13.2. The second kappa shape index (κ2) is 5.86. The number of hydrogen-bond donors (Lipinski definition) is 1. The molecule has 1 N–H and O–H groups in total. The van der Waals surface area contributed by atoms with Crippen LogP contribution in [0.25, 0.3) is 0 Å². The number of carboxylic acid groups (broad SMARTS) is 1. The molecule has 0 bridgehead atoms. The van der Waals surface area contributed by atoms with Crippen molar-refractivity contribution in [3.8, 4) is 0 Å². The van der Waals surface area contributed by atoms with Crippen LogP contribution in [0, 0.1) is 11.6 Å². The molecule has 1 aromatic rings. The van der Waals surface area contributed by atoms with Gasteiger partial charge in [0.25, 0.3) is 0 Å². The number of carboxylic acids is 1. The first-order chi connectivity index (χ1) is 7.90. The molecule has 0 aromatic heterocycles. The molecule has 0 saturated carbocycles. The monoisotopic (exact) mass is 262 g/mol. The fourth-order valence-electron chi connectivity index (χ4n) is 1.29. The summed E-state index contributed by atoms with van der Waals surface area (Å²) in [5.41, 5.74) is 0.000530. The topological polar surface area (TPSA) is 54.4 Å². The molecule has 1 aromatic carbocycles. The SMILES string of the molecule is CC(CC(=O)O)S(=O)Cc1cc(F)ccc1F. The molecule has 6 heteroatoms. The molecular formula is C11H12F2O3S. The highest BCUT2D eigenvalue weighted by atomic mass is 32.2. The lowest BCUT2D eigenvalue weighted by Crippen LogP contribution is -2.17. The van der Waals surface area contributed by atoms with Crippen molar-refractivity contribution in [2.24, 2.45) is 0 Å². The third-order valence-corrected chi connectivity index (χ3v) is 3.88. The van der Waals surface area contributed by atoms with Crippen LogP contribution in [-0.2, 0) is 21.3 Å². The van der Waals surface area contributed by atoms with Gasteiger partial charge in [0.15, 0.2) is 0 Å². The van der Waals surface area contributed by atoms with Gasteiger partial charge in [0.1, 0.15) is 11.6 Å². The van der Waals surface area contributed by atoms with E-state index in [4.69, 9.17) is 5.11 Å². The summed E-state index contributed by atoms with van der Waals surface area (Å²) in [5, 5.41) is 7.93. The van der Waals surface area contributed by atoms with Crippen molar-refractivity contribution in [1.29, 1.82) is 0 Å². The van der Waals surface area contributed by atoms with Gasteiger partial charge in [-0.1, -0.05) is 6.92 Å². The molecule has 0 radical (unpaired) electrons. The van der Waals surface area contributed by atoms with Crippen LogP contribution in [0.5, 0.6) is 0 Å². The summed E-state index contributed by atoms with van der Waals surface area (Å²) in [7, 11) is -1.54. The fraction of sp³-hybridized carbons (Fsp3) is 0.364. The summed E-state index contributed by atoms with van der Waals surface area (Å²) in [6.07, 6.45) is -0.260. The maximum Gasteiger partial charge on any atom is 0.304 e. The van der Waals surface area contributed by atoms with Crippen LogP contribution in [0.1, 0.15) is 18.9 Å². The second-order valence-electron chi connectivity index (χ2n) is 3.67. The van der Waals surface area contributed by atoms with E-state index in [1.807, 2.05) is 0 Å². The predicted molar refractivity (Wildman–Crippen MR) is 59.9 cm³/mol. The van der Waals surface area contributed by atoms with E-state index >= 15 is 0 Å². The largest absolute Gasteiger partial charge is 0.481 e. The Morgan fingerprint density at radius 1 is 1.47 bits per heavy atom. The third-order valence-electron chi connectivity index (χ3n) is 2.22. The van der Waals surface area contributed by atoms with E-state index in [0.717, 1.165) is 18.2 Å². The third kappa shape index (κ3) is 4.22. The van der Waals surface area contributed by atoms with E-state index in [0.29, 0.717) is 0 Å². The van der Waals surface area contributed by atoms with E-state index in [1.165, 1.54) is 6.92 Å². The van der Waals surface area contributed by atoms with Gasteiger partial charge < -0.3 is 5.11 Å². The normalized spacial score (nSPS) is 14.3. The highest BCUT2D eigenvalue weighted by Gasteiger charge is 2.17. The Bertz CT molecular complexity index is 448. The van der Waals surface area contributed by atoms with Crippen molar-refractivity contribution in [3.05, 3.63) is 35.4 Å². The number of aliphatic carboxylic acids is 1. The van der Waals surface area contributed by atoms with E-state index in [2.05, 4.69) is 0 Å². The Balaban J connectivity index is 2.73. The van der Waals surface area contributed by atoms with Gasteiger partial charge in [-0.2, -0.15) is 0 Å². The van der Waals surface area contributed by atoms with E-state index in [-0.39, 0.29) is 17.7 Å². The smallest absolute Gasteiger partial charge is 0.304 e. The Hall–Kier alpha value is -1.30. The first-order valence-electron chi connectivity index (χ1n) is 4.93. The molecule has 0 saturated heterocycles. The summed E-state index contributed by atoms with van der Waals surface area (Å²) in [5.74, 6) is -2.49. The van der Waals surface area contributed by atoms with Crippen LogP contribution in [0.4, 0.5) is 8.78 Å². The molecule has 2 unspecified atom stereocenters. The van der Waals surface area contributed by atoms with Gasteiger partial charge in [-0.05, 0) is 18.2 Å². The summed E-state index contributed by atoms with van der Waals surface area (Å²) >= 11 is 0. The number of hydrogen-bond acceptors (Lipinski definition) is 2. The summed E-state index contributed by atoms with van der Waals surface area (Å²) in [6.45, 7) is 1.50. The first kappa shape index (κ1) is 13.8. The lowest BCUT2D eigenvalue weighted by Gasteiger charge is -2.09. The summed E-state index contributed by atoms with van der Waals surface area (Å²) < 4.78 is 37.8. The van der Waals surface area contributed by atoms with Crippen molar-refractivity contribution in [2.75, 3.05) is 0 Å². The maximum absolute atomic E-state index is 13.2. The van der Waals surface area contributed by atoms with Crippen molar-refractivity contribution < 1.29 is 22.9 Å². The zero-order chi connectivity index (χ0) is 13.0. The predicted octanol–water partition coefficient (Wildman–Crippen LogP) is 2.08. The number of benzene rings is 1.